The van der Waals surface area contributed by atoms with Crippen molar-refractivity contribution in [2.75, 3.05) is 31.3 Å². The number of benzene rings is 1. The van der Waals surface area contributed by atoms with Crippen LogP contribution in [0.1, 0.15) is 44.1 Å². The van der Waals surface area contributed by atoms with Crippen molar-refractivity contribution >= 4 is 17.8 Å². The molecule has 26 heavy (non-hydrogen) atoms. The van der Waals surface area contributed by atoms with Crippen molar-refractivity contribution in [1.29, 1.82) is 0 Å². The van der Waals surface area contributed by atoms with Gasteiger partial charge in [-0.2, -0.15) is 11.8 Å². The van der Waals surface area contributed by atoms with Gasteiger partial charge in [0, 0.05) is 6.54 Å². The first kappa shape index (κ1) is 17.8. The van der Waals surface area contributed by atoms with E-state index in [1.54, 1.807) is 0 Å². The van der Waals surface area contributed by atoms with Crippen LogP contribution in [0.15, 0.2) is 18.2 Å². The number of urea groups is 1. The molecule has 4 rings (SSSR count). The van der Waals surface area contributed by atoms with E-state index in [0.717, 1.165) is 49.3 Å². The van der Waals surface area contributed by atoms with Gasteiger partial charge in [-0.25, -0.2) is 4.79 Å². The van der Waals surface area contributed by atoms with Crippen molar-refractivity contribution in [3.63, 3.8) is 0 Å². The van der Waals surface area contributed by atoms with Crippen LogP contribution in [-0.2, 0) is 5.54 Å². The minimum atomic E-state index is -0.289. The molecule has 0 unspecified atom stereocenters. The number of ether oxygens (including phenoxy) is 2. The first-order valence-corrected chi connectivity index (χ1v) is 10.9. The van der Waals surface area contributed by atoms with Crippen LogP contribution in [0.3, 0.4) is 0 Å². The number of hydrogen-bond acceptors (Lipinski definition) is 4. The fourth-order valence-electron chi connectivity index (χ4n) is 4.25. The number of carbonyl (C=O) groups is 1. The summed E-state index contributed by atoms with van der Waals surface area (Å²) in [5, 5.41) is 6.42. The second-order valence-electron chi connectivity index (χ2n) is 7.54. The Balaban J connectivity index is 1.43. The van der Waals surface area contributed by atoms with E-state index in [0.29, 0.717) is 19.1 Å². The lowest BCUT2D eigenvalue weighted by Crippen LogP contribution is -2.49. The van der Waals surface area contributed by atoms with E-state index >= 15 is 0 Å². The van der Waals surface area contributed by atoms with Gasteiger partial charge in [0.2, 0.25) is 0 Å². The van der Waals surface area contributed by atoms with Crippen LogP contribution < -0.4 is 20.1 Å². The van der Waals surface area contributed by atoms with E-state index in [4.69, 9.17) is 9.47 Å². The van der Waals surface area contributed by atoms with E-state index in [9.17, 15) is 4.79 Å². The van der Waals surface area contributed by atoms with E-state index in [1.165, 1.54) is 24.3 Å². The van der Waals surface area contributed by atoms with Gasteiger partial charge in [0.15, 0.2) is 11.5 Å². The summed E-state index contributed by atoms with van der Waals surface area (Å²) in [6.45, 7) is 1.96. The van der Waals surface area contributed by atoms with Crippen LogP contribution in [0.25, 0.3) is 0 Å². The second kappa shape index (κ2) is 7.99. The zero-order valence-electron chi connectivity index (χ0n) is 15.2. The molecule has 2 fully saturated rings. The van der Waals surface area contributed by atoms with Gasteiger partial charge in [-0.1, -0.05) is 18.9 Å². The van der Waals surface area contributed by atoms with Crippen LogP contribution >= 0.6 is 11.8 Å². The Morgan fingerprint density at radius 1 is 1.12 bits per heavy atom. The lowest BCUT2D eigenvalue weighted by atomic mass is 9.88. The van der Waals surface area contributed by atoms with E-state index in [2.05, 4.69) is 22.8 Å². The molecule has 0 atom stereocenters. The molecule has 2 heterocycles. The van der Waals surface area contributed by atoms with Crippen molar-refractivity contribution in [1.82, 2.24) is 10.6 Å². The Morgan fingerprint density at radius 2 is 1.85 bits per heavy atom. The Bertz CT molecular complexity index is 640. The normalized spacial score (nSPS) is 22.0. The van der Waals surface area contributed by atoms with E-state index in [-0.39, 0.29) is 11.6 Å². The SMILES string of the molecule is O=C(NCC1CCSCC1)NC1(c2ccc3c(c2)OCCO3)CCCC1. The molecule has 2 N–H and O–H groups in total. The van der Waals surface area contributed by atoms with Crippen molar-refractivity contribution in [3.05, 3.63) is 23.8 Å². The van der Waals surface area contributed by atoms with Crippen molar-refractivity contribution < 1.29 is 14.3 Å². The van der Waals surface area contributed by atoms with Gasteiger partial charge in [-0.15, -0.1) is 0 Å². The monoisotopic (exact) mass is 376 g/mol. The molecule has 0 bridgehead atoms. The highest BCUT2D eigenvalue weighted by molar-refractivity contribution is 7.99. The number of fused-ring (bicyclic) bond motifs is 1. The maximum Gasteiger partial charge on any atom is 0.315 e. The molecular formula is C20H28N2O3S. The molecule has 5 nitrogen and oxygen atoms in total. The molecule has 0 radical (unpaired) electrons. The summed E-state index contributed by atoms with van der Waals surface area (Å²) in [4.78, 5) is 12.6. The molecule has 2 aliphatic heterocycles. The van der Waals surface area contributed by atoms with Gasteiger partial charge < -0.3 is 20.1 Å². The summed E-state index contributed by atoms with van der Waals surface area (Å²) >= 11 is 2.02. The third-order valence-electron chi connectivity index (χ3n) is 5.80. The molecule has 1 aromatic rings. The molecule has 1 aliphatic carbocycles. The molecule has 1 saturated carbocycles. The van der Waals surface area contributed by atoms with Crippen LogP contribution in [-0.4, -0.2) is 37.3 Å². The molecule has 0 spiro atoms. The van der Waals surface area contributed by atoms with Gasteiger partial charge in [0.25, 0.3) is 0 Å². The standard InChI is InChI=1S/C20H28N2O3S/c23-19(21-14-15-5-11-26-12-6-15)22-20(7-1-2-8-20)16-3-4-17-18(13-16)25-10-9-24-17/h3-4,13,15H,1-2,5-12,14H2,(H2,21,22,23). The highest BCUT2D eigenvalue weighted by Crippen LogP contribution is 2.42. The Hall–Kier alpha value is -1.56. The van der Waals surface area contributed by atoms with E-state index < -0.39 is 0 Å². The molecule has 142 valence electrons. The highest BCUT2D eigenvalue weighted by Gasteiger charge is 2.38. The van der Waals surface area contributed by atoms with Gasteiger partial charge in [0.1, 0.15) is 13.2 Å². The highest BCUT2D eigenvalue weighted by atomic mass is 32.2. The quantitative estimate of drug-likeness (QED) is 0.842. The maximum absolute atomic E-state index is 12.6. The average Bonchev–Trinajstić information content (AvgIpc) is 3.16. The van der Waals surface area contributed by atoms with Crippen LogP contribution in [0, 0.1) is 5.92 Å². The molecule has 6 heteroatoms. The van der Waals surface area contributed by atoms with Gasteiger partial charge in [-0.3, -0.25) is 0 Å². The molecule has 1 saturated heterocycles. The van der Waals surface area contributed by atoms with Crippen molar-refractivity contribution in [2.45, 2.75) is 44.1 Å². The average molecular weight is 377 g/mol. The van der Waals surface area contributed by atoms with Gasteiger partial charge in [0.05, 0.1) is 5.54 Å². The number of hydrogen-bond donors (Lipinski definition) is 2. The Kier molecular flexibility index (Phi) is 5.48. The smallest absolute Gasteiger partial charge is 0.315 e. The number of rotatable bonds is 4. The molecule has 2 amide bonds. The predicted molar refractivity (Wildman–Crippen MR) is 104 cm³/mol. The number of carbonyl (C=O) groups excluding carboxylic acids is 1. The zero-order valence-corrected chi connectivity index (χ0v) is 16.0. The minimum Gasteiger partial charge on any atom is -0.486 e. The molecule has 3 aliphatic rings. The summed E-state index contributed by atoms with van der Waals surface area (Å²) in [5.41, 5.74) is 0.839. The number of nitrogens with one attached hydrogen (secondary N) is 2. The first-order chi connectivity index (χ1) is 12.8. The van der Waals surface area contributed by atoms with Crippen molar-refractivity contribution in [2.24, 2.45) is 5.92 Å². The van der Waals surface area contributed by atoms with E-state index in [1.807, 2.05) is 17.8 Å². The third-order valence-corrected chi connectivity index (χ3v) is 6.85. The van der Waals surface area contributed by atoms with Gasteiger partial charge >= 0.3 is 6.03 Å². The fourth-order valence-corrected chi connectivity index (χ4v) is 5.46. The Morgan fingerprint density at radius 3 is 2.62 bits per heavy atom. The zero-order chi connectivity index (χ0) is 17.8. The predicted octanol–water partition coefficient (Wildman–Crippen LogP) is 3.67. The maximum atomic E-state index is 12.6. The van der Waals surface area contributed by atoms with Crippen LogP contribution in [0.2, 0.25) is 0 Å². The van der Waals surface area contributed by atoms with Crippen molar-refractivity contribution in [3.8, 4) is 11.5 Å². The number of amides is 2. The van der Waals surface area contributed by atoms with Crippen LogP contribution in [0.4, 0.5) is 4.79 Å². The minimum absolute atomic E-state index is 0.0417. The number of thioether (sulfide) groups is 1. The summed E-state index contributed by atoms with van der Waals surface area (Å²) in [7, 11) is 0. The second-order valence-corrected chi connectivity index (χ2v) is 8.76. The summed E-state index contributed by atoms with van der Waals surface area (Å²) < 4.78 is 11.4. The Labute approximate surface area is 159 Å². The summed E-state index contributed by atoms with van der Waals surface area (Å²) in [6.07, 6.45) is 6.62. The summed E-state index contributed by atoms with van der Waals surface area (Å²) in [6, 6.07) is 6.07. The summed E-state index contributed by atoms with van der Waals surface area (Å²) in [5.74, 6) is 4.65. The van der Waals surface area contributed by atoms with Gasteiger partial charge in [-0.05, 0) is 60.8 Å². The largest absolute Gasteiger partial charge is 0.486 e. The first-order valence-electron chi connectivity index (χ1n) is 9.79. The molecule has 1 aromatic carbocycles. The topological polar surface area (TPSA) is 59.6 Å². The lowest BCUT2D eigenvalue weighted by Gasteiger charge is -2.32. The fraction of sp³-hybridized carbons (Fsp3) is 0.650. The van der Waals surface area contributed by atoms with Crippen LogP contribution in [0.5, 0.6) is 11.5 Å². The molecule has 0 aromatic heterocycles. The molecular weight excluding hydrogens is 348 g/mol. The third kappa shape index (κ3) is 3.90. The lowest BCUT2D eigenvalue weighted by molar-refractivity contribution is 0.170.